The molecule has 0 radical (unpaired) electrons. The van der Waals surface area contributed by atoms with Crippen molar-refractivity contribution in [3.8, 4) is 0 Å². The number of anilines is 1. The van der Waals surface area contributed by atoms with E-state index in [0.717, 1.165) is 49.2 Å². The van der Waals surface area contributed by atoms with Gasteiger partial charge in [-0.05, 0) is 55.2 Å². The van der Waals surface area contributed by atoms with Crippen LogP contribution in [0.3, 0.4) is 0 Å². The van der Waals surface area contributed by atoms with Crippen molar-refractivity contribution in [1.29, 1.82) is 0 Å². The maximum Gasteiger partial charge on any atom is 0.223 e. The molecule has 4 heterocycles. The fourth-order valence-corrected chi connectivity index (χ4v) is 6.18. The number of rotatable bonds is 3. The molecule has 3 aliphatic heterocycles. The van der Waals surface area contributed by atoms with E-state index in [1.54, 1.807) is 0 Å². The van der Waals surface area contributed by atoms with Crippen molar-refractivity contribution in [2.75, 3.05) is 18.0 Å². The Balaban J connectivity index is 1.34. The molecule has 0 unspecified atom stereocenters. The molecule has 31 heavy (non-hydrogen) atoms. The summed E-state index contributed by atoms with van der Waals surface area (Å²) < 4.78 is 0. The second kappa shape index (κ2) is 7.63. The van der Waals surface area contributed by atoms with Gasteiger partial charge in [-0.2, -0.15) is 0 Å². The zero-order chi connectivity index (χ0) is 20.8. The smallest absolute Gasteiger partial charge is 0.223 e. The van der Waals surface area contributed by atoms with E-state index in [1.807, 2.05) is 30.5 Å². The second-order valence-electron chi connectivity index (χ2n) is 9.40. The number of carbonyl (C=O) groups excluding carboxylic acids is 1. The maximum absolute atomic E-state index is 13.0. The van der Waals surface area contributed by atoms with Crippen LogP contribution in [0.15, 0.2) is 60.8 Å². The minimum absolute atomic E-state index is 0.271. The number of aromatic nitrogens is 2. The van der Waals surface area contributed by atoms with Crippen molar-refractivity contribution in [3.05, 3.63) is 66.4 Å². The zero-order valence-electron chi connectivity index (χ0n) is 17.7. The molecule has 6 rings (SSSR count). The molecule has 3 aliphatic rings. The monoisotopic (exact) mass is 412 g/mol. The number of piperidine rings is 3. The first-order valence-corrected chi connectivity index (χ1v) is 11.6. The third-order valence-corrected chi connectivity index (χ3v) is 7.54. The van der Waals surface area contributed by atoms with Crippen molar-refractivity contribution < 1.29 is 4.79 Å². The van der Waals surface area contributed by atoms with Crippen LogP contribution < -0.4 is 4.90 Å². The van der Waals surface area contributed by atoms with E-state index in [4.69, 9.17) is 4.98 Å². The summed E-state index contributed by atoms with van der Waals surface area (Å²) in [5, 5.41) is 0. The molecule has 0 saturated carbocycles. The van der Waals surface area contributed by atoms with Gasteiger partial charge in [0.15, 0.2) is 0 Å². The lowest BCUT2D eigenvalue weighted by Crippen LogP contribution is -2.65. The number of nitrogens with zero attached hydrogens (tertiary/aromatic N) is 4. The highest BCUT2D eigenvalue weighted by atomic mass is 16.2. The van der Waals surface area contributed by atoms with Crippen LogP contribution in [0, 0.1) is 11.8 Å². The molecule has 2 aromatic carbocycles. The van der Waals surface area contributed by atoms with E-state index >= 15 is 0 Å². The average molecular weight is 413 g/mol. The quantitative estimate of drug-likeness (QED) is 0.651. The van der Waals surface area contributed by atoms with Crippen LogP contribution in [0.2, 0.25) is 0 Å². The number of hydrogen-bond donors (Lipinski definition) is 0. The van der Waals surface area contributed by atoms with Crippen molar-refractivity contribution >= 4 is 22.8 Å². The van der Waals surface area contributed by atoms with Crippen LogP contribution in [0.25, 0.3) is 11.0 Å². The first-order valence-electron chi connectivity index (χ1n) is 11.6. The Labute approximate surface area is 183 Å². The van der Waals surface area contributed by atoms with Gasteiger partial charge in [-0.1, -0.05) is 42.5 Å². The molecule has 0 N–H and O–H groups in total. The number of hydrogen-bond acceptors (Lipinski definition) is 4. The van der Waals surface area contributed by atoms with Gasteiger partial charge in [-0.15, -0.1) is 0 Å². The maximum atomic E-state index is 13.0. The second-order valence-corrected chi connectivity index (χ2v) is 9.40. The van der Waals surface area contributed by atoms with Gasteiger partial charge in [-0.3, -0.25) is 9.78 Å². The molecular weight excluding hydrogens is 384 g/mol. The lowest BCUT2D eigenvalue weighted by Gasteiger charge is -2.57. The molecule has 5 heteroatoms. The number of fused-ring (bicyclic) bond motifs is 5. The van der Waals surface area contributed by atoms with E-state index in [-0.39, 0.29) is 6.04 Å². The fourth-order valence-electron chi connectivity index (χ4n) is 6.18. The summed E-state index contributed by atoms with van der Waals surface area (Å²) >= 11 is 0. The Kier molecular flexibility index (Phi) is 4.62. The van der Waals surface area contributed by atoms with Gasteiger partial charge in [-0.25, -0.2) is 4.98 Å². The third-order valence-electron chi connectivity index (χ3n) is 7.54. The van der Waals surface area contributed by atoms with E-state index in [0.29, 0.717) is 30.2 Å². The van der Waals surface area contributed by atoms with Gasteiger partial charge >= 0.3 is 0 Å². The summed E-state index contributed by atoms with van der Waals surface area (Å²) in [5.41, 5.74) is 3.21. The first-order chi connectivity index (χ1) is 15.3. The van der Waals surface area contributed by atoms with Crippen LogP contribution >= 0.6 is 0 Å². The Bertz CT molecular complexity index is 1100. The van der Waals surface area contributed by atoms with Gasteiger partial charge in [0.05, 0.1) is 17.2 Å². The highest BCUT2D eigenvalue weighted by Gasteiger charge is 2.49. The number of carbonyl (C=O) groups is 1. The number of para-hydroxylation sites is 2. The van der Waals surface area contributed by atoms with Crippen molar-refractivity contribution in [3.63, 3.8) is 0 Å². The molecule has 5 nitrogen and oxygen atoms in total. The molecule has 3 fully saturated rings. The van der Waals surface area contributed by atoms with E-state index in [2.05, 4.69) is 45.1 Å². The van der Waals surface area contributed by atoms with E-state index in [9.17, 15) is 4.79 Å². The predicted molar refractivity (Wildman–Crippen MR) is 122 cm³/mol. The molecule has 0 spiro atoms. The van der Waals surface area contributed by atoms with Gasteiger partial charge in [0.2, 0.25) is 5.91 Å². The van der Waals surface area contributed by atoms with Crippen molar-refractivity contribution in [2.45, 2.75) is 44.2 Å². The summed E-state index contributed by atoms with van der Waals surface area (Å²) in [6.45, 7) is 1.91. The topological polar surface area (TPSA) is 49.3 Å². The minimum Gasteiger partial charge on any atom is -0.355 e. The fraction of sp³-hybridized carbons (Fsp3) is 0.423. The van der Waals surface area contributed by atoms with Crippen LogP contribution in [0.4, 0.5) is 5.82 Å². The first kappa shape index (κ1) is 18.8. The predicted octanol–water partition coefficient (Wildman–Crippen LogP) is 4.08. The van der Waals surface area contributed by atoms with E-state index < -0.39 is 0 Å². The van der Waals surface area contributed by atoms with Gasteiger partial charge in [0.25, 0.3) is 0 Å². The van der Waals surface area contributed by atoms with Gasteiger partial charge < -0.3 is 9.80 Å². The van der Waals surface area contributed by atoms with E-state index in [1.165, 1.54) is 12.0 Å². The van der Waals surface area contributed by atoms with Gasteiger partial charge in [0.1, 0.15) is 5.82 Å². The Morgan fingerprint density at radius 1 is 0.935 bits per heavy atom. The van der Waals surface area contributed by atoms with Crippen LogP contribution in [0.5, 0.6) is 0 Å². The van der Waals surface area contributed by atoms with Crippen LogP contribution in [-0.4, -0.2) is 45.9 Å². The normalized spacial score (nSPS) is 27.9. The minimum atomic E-state index is 0.271. The number of benzene rings is 2. The third kappa shape index (κ3) is 3.36. The Hall–Kier alpha value is -2.95. The molecule has 0 aliphatic carbocycles. The Morgan fingerprint density at radius 3 is 2.58 bits per heavy atom. The molecule has 2 bridgehead atoms. The molecular formula is C26H28N4O. The van der Waals surface area contributed by atoms with Crippen LogP contribution in [0.1, 0.15) is 31.2 Å². The summed E-state index contributed by atoms with van der Waals surface area (Å²) in [7, 11) is 0. The van der Waals surface area contributed by atoms with Crippen molar-refractivity contribution in [1.82, 2.24) is 14.9 Å². The molecule has 1 aromatic heterocycles. The Morgan fingerprint density at radius 2 is 1.71 bits per heavy atom. The molecule has 1 amide bonds. The molecule has 158 valence electrons. The highest BCUT2D eigenvalue weighted by Crippen LogP contribution is 2.43. The summed E-state index contributed by atoms with van der Waals surface area (Å²) in [6, 6.07) is 19.4. The summed E-state index contributed by atoms with van der Waals surface area (Å²) in [4.78, 5) is 27.4. The van der Waals surface area contributed by atoms with Crippen LogP contribution in [-0.2, 0) is 11.2 Å². The zero-order valence-corrected chi connectivity index (χ0v) is 17.7. The largest absolute Gasteiger partial charge is 0.355 e. The SMILES string of the molecule is O=C1CCC[C@H]2[C@@H]3C[C@@H](CN(c4cnc5ccccc5n4)C3)[C@H](Cc3ccccc3)N12. The standard InChI is InChI=1S/C26H28N4O/c31-26-12-6-11-23-19-14-20(24(30(23)26)13-18-7-2-1-3-8-18)17-29(16-19)25-15-27-21-9-4-5-10-22(21)28-25/h1-5,7-10,15,19-20,23-24H,6,11-14,16-17H2/t19-,20+,23+,24+/m1/s1. The van der Waals surface area contributed by atoms with Crippen molar-refractivity contribution in [2.24, 2.45) is 11.8 Å². The molecule has 3 aromatic rings. The average Bonchev–Trinajstić information content (AvgIpc) is 2.82. The summed E-state index contributed by atoms with van der Waals surface area (Å²) in [5.74, 6) is 2.32. The summed E-state index contributed by atoms with van der Waals surface area (Å²) in [6.07, 6.45) is 6.95. The lowest BCUT2D eigenvalue weighted by molar-refractivity contribution is -0.148. The molecule has 3 saturated heterocycles. The lowest BCUT2D eigenvalue weighted by atomic mass is 9.71. The number of amides is 1. The molecule has 4 atom stereocenters. The van der Waals surface area contributed by atoms with Gasteiger partial charge in [0, 0.05) is 31.6 Å². The highest BCUT2D eigenvalue weighted by molar-refractivity contribution is 5.78.